The van der Waals surface area contributed by atoms with Crippen LogP contribution in [0.25, 0.3) is 6.08 Å². The predicted octanol–water partition coefficient (Wildman–Crippen LogP) is 6.39. The molecule has 36 heavy (non-hydrogen) atoms. The lowest BCUT2D eigenvalue weighted by Gasteiger charge is -2.55. The standard InChI is InChI=1S/C29H29BrN2O4/c1-17-23(27(33)32(31-17)22-6-4-3-5-7-22)11-18-12-24(30)26(25(13-18)35-2)36-28(34)29-14-19-8-20(15-29)10-21(9-19)16-29/h3-7,11-13,19-21H,8-10,14-16H2,1-2H3/b23-11+. The molecule has 1 heterocycles. The number of ether oxygens (including phenoxy) is 2. The Balaban J connectivity index is 1.26. The van der Waals surface area contributed by atoms with Gasteiger partial charge in [0.25, 0.3) is 5.91 Å². The number of amides is 1. The van der Waals surface area contributed by atoms with Gasteiger partial charge < -0.3 is 9.47 Å². The van der Waals surface area contributed by atoms with Crippen LogP contribution in [0, 0.1) is 23.2 Å². The Morgan fingerprint density at radius 3 is 2.33 bits per heavy atom. The van der Waals surface area contributed by atoms with Gasteiger partial charge in [-0.2, -0.15) is 10.1 Å². The highest BCUT2D eigenvalue weighted by Crippen LogP contribution is 2.60. The van der Waals surface area contributed by atoms with Crippen LogP contribution in [0.15, 0.2) is 57.6 Å². The molecule has 4 saturated carbocycles. The van der Waals surface area contributed by atoms with Crippen molar-refractivity contribution in [3.63, 3.8) is 0 Å². The third-order valence-corrected chi connectivity index (χ3v) is 8.88. The van der Waals surface area contributed by atoms with Crippen molar-refractivity contribution in [2.75, 3.05) is 12.1 Å². The number of nitrogens with zero attached hydrogens (tertiary/aromatic N) is 2. The Morgan fingerprint density at radius 1 is 1.08 bits per heavy atom. The van der Waals surface area contributed by atoms with Crippen molar-refractivity contribution in [1.82, 2.24) is 0 Å². The quantitative estimate of drug-likeness (QED) is 0.247. The van der Waals surface area contributed by atoms with E-state index in [1.54, 1.807) is 19.3 Å². The summed E-state index contributed by atoms with van der Waals surface area (Å²) in [6.07, 6.45) is 8.44. The molecule has 6 nitrogen and oxygen atoms in total. The second kappa shape index (κ2) is 8.87. The molecule has 7 heteroatoms. The van der Waals surface area contributed by atoms with E-state index >= 15 is 0 Å². The van der Waals surface area contributed by atoms with Crippen molar-refractivity contribution in [2.45, 2.75) is 45.4 Å². The molecule has 2 aromatic rings. The number of rotatable bonds is 5. The number of anilines is 1. The second-order valence-corrected chi connectivity index (χ2v) is 11.7. The summed E-state index contributed by atoms with van der Waals surface area (Å²) in [4.78, 5) is 26.6. The summed E-state index contributed by atoms with van der Waals surface area (Å²) in [6, 6.07) is 13.0. The second-order valence-electron chi connectivity index (χ2n) is 10.8. The van der Waals surface area contributed by atoms with Gasteiger partial charge in [0.1, 0.15) is 0 Å². The molecule has 2 aromatic carbocycles. The maximum atomic E-state index is 13.5. The third kappa shape index (κ3) is 3.97. The van der Waals surface area contributed by atoms with Crippen LogP contribution in [-0.2, 0) is 9.59 Å². The van der Waals surface area contributed by atoms with E-state index in [4.69, 9.17) is 9.47 Å². The van der Waals surface area contributed by atoms with Gasteiger partial charge in [-0.3, -0.25) is 9.59 Å². The fraction of sp³-hybridized carbons (Fsp3) is 0.414. The van der Waals surface area contributed by atoms with Crippen molar-refractivity contribution in [2.24, 2.45) is 28.3 Å². The lowest BCUT2D eigenvalue weighted by atomic mass is 9.49. The molecule has 186 valence electrons. The number of halogens is 1. The van der Waals surface area contributed by atoms with Gasteiger partial charge >= 0.3 is 5.97 Å². The monoisotopic (exact) mass is 548 g/mol. The Labute approximate surface area is 219 Å². The van der Waals surface area contributed by atoms with Crippen LogP contribution in [-0.4, -0.2) is 24.7 Å². The smallest absolute Gasteiger partial charge is 0.317 e. The molecule has 5 aliphatic rings. The lowest BCUT2D eigenvalue weighted by Crippen LogP contribution is -2.51. The summed E-state index contributed by atoms with van der Waals surface area (Å²) in [5.74, 6) is 2.52. The number of benzene rings is 2. The Hall–Kier alpha value is -2.93. The first kappa shape index (κ1) is 23.5. The highest BCUT2D eigenvalue weighted by atomic mass is 79.9. The summed E-state index contributed by atoms with van der Waals surface area (Å²) in [7, 11) is 1.56. The maximum Gasteiger partial charge on any atom is 0.317 e. The molecule has 0 aromatic heterocycles. The number of hydrazone groups is 1. The number of carbonyl (C=O) groups excluding carboxylic acids is 2. The van der Waals surface area contributed by atoms with Crippen LogP contribution in [0.2, 0.25) is 0 Å². The van der Waals surface area contributed by atoms with E-state index in [1.807, 2.05) is 43.3 Å². The minimum atomic E-state index is -0.357. The van der Waals surface area contributed by atoms with Gasteiger partial charge in [0.15, 0.2) is 11.5 Å². The van der Waals surface area contributed by atoms with E-state index in [0.717, 1.165) is 30.5 Å². The fourth-order valence-electron chi connectivity index (χ4n) is 7.08. The average molecular weight is 549 g/mol. The minimum Gasteiger partial charge on any atom is -0.493 e. The first-order valence-corrected chi connectivity index (χ1v) is 13.4. The Bertz CT molecular complexity index is 1260. The van der Waals surface area contributed by atoms with Crippen LogP contribution >= 0.6 is 15.9 Å². The number of methoxy groups -OCH3 is 1. The molecule has 4 aliphatic carbocycles. The predicted molar refractivity (Wildman–Crippen MR) is 142 cm³/mol. The molecule has 7 rings (SSSR count). The zero-order valence-corrected chi connectivity index (χ0v) is 22.1. The molecule has 0 radical (unpaired) electrons. The van der Waals surface area contributed by atoms with Crippen LogP contribution < -0.4 is 14.5 Å². The number of para-hydroxylation sites is 1. The zero-order chi connectivity index (χ0) is 25.0. The van der Waals surface area contributed by atoms with Gasteiger partial charge in [-0.1, -0.05) is 18.2 Å². The topological polar surface area (TPSA) is 68.2 Å². The van der Waals surface area contributed by atoms with Gasteiger partial charge in [0.2, 0.25) is 0 Å². The minimum absolute atomic E-state index is 0.126. The van der Waals surface area contributed by atoms with Crippen LogP contribution in [0.3, 0.4) is 0 Å². The van der Waals surface area contributed by atoms with Gasteiger partial charge in [-0.05, 0) is 115 Å². The molecule has 1 aliphatic heterocycles. The Kier molecular flexibility index (Phi) is 5.78. The summed E-state index contributed by atoms with van der Waals surface area (Å²) >= 11 is 3.59. The summed E-state index contributed by atoms with van der Waals surface area (Å²) < 4.78 is 12.3. The van der Waals surface area contributed by atoms with Gasteiger partial charge in [0, 0.05) is 0 Å². The fourth-order valence-corrected chi connectivity index (χ4v) is 7.62. The van der Waals surface area contributed by atoms with E-state index < -0.39 is 0 Å². The first-order chi connectivity index (χ1) is 17.3. The van der Waals surface area contributed by atoms with Crippen LogP contribution in [0.1, 0.15) is 51.0 Å². The maximum absolute atomic E-state index is 13.5. The number of hydrogen-bond donors (Lipinski definition) is 0. The number of carbonyl (C=O) groups is 2. The molecule has 0 spiro atoms. The average Bonchev–Trinajstić information content (AvgIpc) is 3.13. The molecular weight excluding hydrogens is 520 g/mol. The van der Waals surface area contributed by atoms with Crippen molar-refractivity contribution in [3.05, 3.63) is 58.1 Å². The highest BCUT2D eigenvalue weighted by Gasteiger charge is 2.55. The largest absolute Gasteiger partial charge is 0.493 e. The molecule has 4 fully saturated rings. The third-order valence-electron chi connectivity index (χ3n) is 8.29. The molecular formula is C29H29BrN2O4. The van der Waals surface area contributed by atoms with Crippen molar-refractivity contribution in [3.8, 4) is 11.5 Å². The molecule has 1 amide bonds. The summed E-state index contributed by atoms with van der Waals surface area (Å²) in [5, 5.41) is 5.86. The van der Waals surface area contributed by atoms with Gasteiger partial charge in [0.05, 0.1) is 34.0 Å². The normalized spacial score (nSPS) is 29.6. The molecule has 0 saturated heterocycles. The van der Waals surface area contributed by atoms with E-state index in [-0.39, 0.29) is 17.3 Å². The van der Waals surface area contributed by atoms with Crippen molar-refractivity contribution < 1.29 is 19.1 Å². The van der Waals surface area contributed by atoms with Crippen molar-refractivity contribution in [1.29, 1.82) is 0 Å². The zero-order valence-electron chi connectivity index (χ0n) is 20.5. The van der Waals surface area contributed by atoms with Crippen LogP contribution in [0.5, 0.6) is 11.5 Å². The summed E-state index contributed by atoms with van der Waals surface area (Å²) in [6.45, 7) is 1.82. The van der Waals surface area contributed by atoms with E-state index in [1.165, 1.54) is 24.3 Å². The van der Waals surface area contributed by atoms with Crippen LogP contribution in [0.4, 0.5) is 5.69 Å². The highest BCUT2D eigenvalue weighted by molar-refractivity contribution is 9.10. The van der Waals surface area contributed by atoms with E-state index in [2.05, 4.69) is 21.0 Å². The van der Waals surface area contributed by atoms with Gasteiger partial charge in [-0.15, -0.1) is 0 Å². The lowest BCUT2D eigenvalue weighted by molar-refractivity contribution is -0.161. The van der Waals surface area contributed by atoms with E-state index in [9.17, 15) is 9.59 Å². The Morgan fingerprint density at radius 2 is 1.72 bits per heavy atom. The van der Waals surface area contributed by atoms with E-state index in [0.29, 0.717) is 45.0 Å². The molecule has 0 atom stereocenters. The first-order valence-electron chi connectivity index (χ1n) is 12.6. The summed E-state index contributed by atoms with van der Waals surface area (Å²) in [5.41, 5.74) is 2.25. The van der Waals surface area contributed by atoms with Gasteiger partial charge in [-0.25, -0.2) is 0 Å². The SMILES string of the molecule is COc1cc(/C=C2/C(=O)N(c3ccccc3)N=C2C)cc(Br)c1OC(=O)C12CC3CC(CC(C3)C1)C2. The van der Waals surface area contributed by atoms with Crippen molar-refractivity contribution >= 4 is 45.3 Å². The number of esters is 1. The molecule has 4 bridgehead atoms. The molecule has 0 unspecified atom stereocenters. The molecule has 0 N–H and O–H groups in total. The number of hydrogen-bond acceptors (Lipinski definition) is 5.